The summed E-state index contributed by atoms with van der Waals surface area (Å²) in [7, 11) is 0. The number of hydrogen-bond acceptors (Lipinski definition) is 4. The van der Waals surface area contributed by atoms with Gasteiger partial charge in [-0.1, -0.05) is 23.7 Å². The van der Waals surface area contributed by atoms with Gasteiger partial charge in [0.1, 0.15) is 12.1 Å². The van der Waals surface area contributed by atoms with E-state index in [-0.39, 0.29) is 30.2 Å². The largest absolute Gasteiger partial charge is 0.416 e. The van der Waals surface area contributed by atoms with Crippen molar-refractivity contribution in [3.8, 4) is 0 Å². The molecule has 1 saturated heterocycles. The van der Waals surface area contributed by atoms with E-state index in [2.05, 4.69) is 4.98 Å². The zero-order valence-electron chi connectivity index (χ0n) is 16.9. The first-order valence-electron chi connectivity index (χ1n) is 9.81. The van der Waals surface area contributed by atoms with Crippen LogP contribution in [0.25, 0.3) is 0 Å². The van der Waals surface area contributed by atoms with Gasteiger partial charge in [-0.05, 0) is 36.6 Å². The van der Waals surface area contributed by atoms with E-state index >= 15 is 0 Å². The van der Waals surface area contributed by atoms with Crippen LogP contribution in [0, 0.1) is 11.7 Å². The quantitative estimate of drug-likeness (QED) is 0.675. The SMILES string of the molecule is NC(=O)[C@H]1C[C@]2(C1)C(=O)N(c1ncc(Cl)cc1F)CC(=O)N2Cc1ccc(C(F)(F)F)cc1. The van der Waals surface area contributed by atoms with Crippen molar-refractivity contribution in [1.82, 2.24) is 9.88 Å². The molecular weight excluding hydrogens is 468 g/mol. The van der Waals surface area contributed by atoms with Gasteiger partial charge in [-0.15, -0.1) is 0 Å². The average molecular weight is 485 g/mol. The zero-order chi connectivity index (χ0) is 24.1. The van der Waals surface area contributed by atoms with Crippen molar-refractivity contribution >= 4 is 35.1 Å². The molecule has 1 aromatic heterocycles. The maximum Gasteiger partial charge on any atom is 0.416 e. The Morgan fingerprint density at radius 3 is 2.39 bits per heavy atom. The van der Waals surface area contributed by atoms with Gasteiger partial charge in [-0.2, -0.15) is 13.2 Å². The van der Waals surface area contributed by atoms with Crippen molar-refractivity contribution < 1.29 is 31.9 Å². The lowest BCUT2D eigenvalue weighted by Crippen LogP contribution is -2.73. The normalized spacial score (nSPS) is 23.1. The van der Waals surface area contributed by atoms with Gasteiger partial charge >= 0.3 is 6.18 Å². The molecule has 1 aliphatic heterocycles. The second-order valence-electron chi connectivity index (χ2n) is 8.06. The highest BCUT2D eigenvalue weighted by Crippen LogP contribution is 2.47. The third kappa shape index (κ3) is 4.01. The molecule has 0 bridgehead atoms. The summed E-state index contributed by atoms with van der Waals surface area (Å²) in [5.74, 6) is -3.84. The fourth-order valence-electron chi connectivity index (χ4n) is 4.25. The molecule has 1 aliphatic carbocycles. The molecule has 0 radical (unpaired) electrons. The van der Waals surface area contributed by atoms with E-state index in [0.717, 1.165) is 29.3 Å². The van der Waals surface area contributed by atoms with Crippen LogP contribution in [0.4, 0.5) is 23.4 Å². The molecule has 3 amide bonds. The highest BCUT2D eigenvalue weighted by molar-refractivity contribution is 6.30. The highest BCUT2D eigenvalue weighted by atomic mass is 35.5. The van der Waals surface area contributed by atoms with Crippen LogP contribution in [0.15, 0.2) is 36.5 Å². The molecule has 1 spiro atoms. The maximum atomic E-state index is 14.5. The Kier molecular flexibility index (Phi) is 5.55. The van der Waals surface area contributed by atoms with Gasteiger partial charge in [0.25, 0.3) is 5.91 Å². The van der Waals surface area contributed by atoms with E-state index < -0.39 is 53.3 Å². The second-order valence-corrected chi connectivity index (χ2v) is 8.50. The lowest BCUT2D eigenvalue weighted by Gasteiger charge is -2.56. The summed E-state index contributed by atoms with van der Waals surface area (Å²) < 4.78 is 53.0. The van der Waals surface area contributed by atoms with Crippen LogP contribution >= 0.6 is 11.6 Å². The van der Waals surface area contributed by atoms with Gasteiger partial charge in [0.05, 0.1) is 10.6 Å². The molecule has 0 unspecified atom stereocenters. The predicted octanol–water partition coefficient (Wildman–Crippen LogP) is 2.90. The van der Waals surface area contributed by atoms with Crippen molar-refractivity contribution in [1.29, 1.82) is 0 Å². The smallest absolute Gasteiger partial charge is 0.369 e. The molecule has 1 saturated carbocycles. The summed E-state index contributed by atoms with van der Waals surface area (Å²) >= 11 is 5.72. The van der Waals surface area contributed by atoms with Gasteiger partial charge in [-0.3, -0.25) is 19.3 Å². The third-order valence-electron chi connectivity index (χ3n) is 5.99. The summed E-state index contributed by atoms with van der Waals surface area (Å²) in [6.45, 7) is -0.702. The number of amides is 3. The molecule has 1 aromatic carbocycles. The molecule has 174 valence electrons. The van der Waals surface area contributed by atoms with E-state index in [1.54, 1.807) is 0 Å². The summed E-state index contributed by atoms with van der Waals surface area (Å²) in [5, 5.41) is 0.00288. The number of nitrogens with zero attached hydrogens (tertiary/aromatic N) is 3. The first-order chi connectivity index (χ1) is 15.4. The van der Waals surface area contributed by atoms with Gasteiger partial charge in [0, 0.05) is 18.7 Å². The number of pyridine rings is 1. The Morgan fingerprint density at radius 2 is 1.85 bits per heavy atom. The molecule has 2 aromatic rings. The number of hydrogen-bond donors (Lipinski definition) is 1. The van der Waals surface area contributed by atoms with Crippen molar-refractivity contribution in [2.24, 2.45) is 11.7 Å². The lowest BCUT2D eigenvalue weighted by atomic mass is 9.65. The van der Waals surface area contributed by atoms with Crippen LogP contribution in [-0.2, 0) is 27.1 Å². The minimum atomic E-state index is -4.52. The Morgan fingerprint density at radius 1 is 1.21 bits per heavy atom. The van der Waals surface area contributed by atoms with Gasteiger partial charge in [0.15, 0.2) is 11.6 Å². The minimum absolute atomic E-state index is 0.00288. The van der Waals surface area contributed by atoms with Crippen molar-refractivity contribution in [2.45, 2.75) is 31.1 Å². The highest BCUT2D eigenvalue weighted by Gasteiger charge is 2.61. The number of primary amides is 1. The Hall–Kier alpha value is -3.21. The molecule has 12 heteroatoms. The first kappa shape index (κ1) is 23.0. The average Bonchev–Trinajstić information content (AvgIpc) is 2.69. The van der Waals surface area contributed by atoms with Crippen LogP contribution in [0.5, 0.6) is 0 Å². The van der Waals surface area contributed by atoms with E-state index in [1.807, 2.05) is 0 Å². The van der Waals surface area contributed by atoms with Crippen LogP contribution < -0.4 is 10.6 Å². The third-order valence-corrected chi connectivity index (χ3v) is 6.20. The number of alkyl halides is 3. The second kappa shape index (κ2) is 7.98. The fourth-order valence-corrected chi connectivity index (χ4v) is 4.39. The molecule has 0 atom stereocenters. The van der Waals surface area contributed by atoms with E-state index in [4.69, 9.17) is 17.3 Å². The zero-order valence-corrected chi connectivity index (χ0v) is 17.7. The summed E-state index contributed by atoms with van der Waals surface area (Å²) in [6.07, 6.45) is -3.56. The molecular formula is C21H17ClF4N4O3. The van der Waals surface area contributed by atoms with Crippen LogP contribution in [0.2, 0.25) is 5.02 Å². The molecule has 2 fully saturated rings. The summed E-state index contributed by atoms with van der Waals surface area (Å²) in [4.78, 5) is 44.1. The monoisotopic (exact) mass is 484 g/mol. The number of piperazine rings is 1. The standard InChI is InChI=1S/C21H17ClF4N4O3/c22-14-5-15(23)18(28-8-14)29-10-16(31)30(20(19(29)33)6-12(7-20)17(27)32)9-11-1-3-13(4-2-11)21(24,25)26/h1-5,8,12H,6-7,9-10H2,(H2,27,32)/t12-,20-. The summed E-state index contributed by atoms with van der Waals surface area (Å²) in [6, 6.07) is 5.14. The van der Waals surface area contributed by atoms with E-state index in [1.165, 1.54) is 17.0 Å². The Labute approximate surface area is 190 Å². The molecule has 4 rings (SSSR count). The van der Waals surface area contributed by atoms with Crippen molar-refractivity contribution in [3.05, 3.63) is 58.5 Å². The summed E-state index contributed by atoms with van der Waals surface area (Å²) in [5.41, 5.74) is 3.36. The topological polar surface area (TPSA) is 96.6 Å². The van der Waals surface area contributed by atoms with Crippen molar-refractivity contribution in [2.75, 3.05) is 11.4 Å². The van der Waals surface area contributed by atoms with Gasteiger partial charge in [0.2, 0.25) is 11.8 Å². The Bertz CT molecular complexity index is 1130. The predicted molar refractivity (Wildman–Crippen MR) is 108 cm³/mol. The van der Waals surface area contributed by atoms with E-state index in [9.17, 15) is 31.9 Å². The lowest BCUT2D eigenvalue weighted by molar-refractivity contribution is -0.164. The fraction of sp³-hybridized carbons (Fsp3) is 0.333. The van der Waals surface area contributed by atoms with E-state index in [0.29, 0.717) is 5.56 Å². The molecule has 2 aliphatic rings. The van der Waals surface area contributed by atoms with Gasteiger partial charge < -0.3 is 10.6 Å². The Balaban J connectivity index is 1.67. The number of rotatable bonds is 4. The number of carbonyl (C=O) groups excluding carboxylic acids is 3. The van der Waals surface area contributed by atoms with Crippen LogP contribution in [0.3, 0.4) is 0 Å². The first-order valence-corrected chi connectivity index (χ1v) is 10.2. The molecule has 33 heavy (non-hydrogen) atoms. The van der Waals surface area contributed by atoms with Crippen molar-refractivity contribution in [3.63, 3.8) is 0 Å². The maximum absolute atomic E-state index is 14.5. The van der Waals surface area contributed by atoms with Crippen LogP contribution in [0.1, 0.15) is 24.0 Å². The minimum Gasteiger partial charge on any atom is -0.369 e. The number of anilines is 1. The number of aromatic nitrogens is 1. The molecule has 7 nitrogen and oxygen atoms in total. The van der Waals surface area contributed by atoms with Crippen LogP contribution in [-0.4, -0.2) is 39.7 Å². The number of benzene rings is 1. The molecule has 2 heterocycles. The molecule has 2 N–H and O–H groups in total. The number of nitrogens with two attached hydrogens (primary N) is 1. The number of carbonyl (C=O) groups is 3. The number of halogens is 5. The van der Waals surface area contributed by atoms with Gasteiger partial charge in [-0.25, -0.2) is 9.37 Å².